The first-order valence-electron chi connectivity index (χ1n) is 6.41. The molecule has 18 heavy (non-hydrogen) atoms. The van der Waals surface area contributed by atoms with Gasteiger partial charge in [-0.3, -0.25) is 14.9 Å². The Morgan fingerprint density at radius 1 is 1.50 bits per heavy atom. The highest BCUT2D eigenvalue weighted by molar-refractivity contribution is 6.07. The van der Waals surface area contributed by atoms with E-state index in [4.69, 9.17) is 0 Å². The van der Waals surface area contributed by atoms with Gasteiger partial charge in [0.2, 0.25) is 5.91 Å². The number of amides is 4. The van der Waals surface area contributed by atoms with Crippen LogP contribution in [-0.4, -0.2) is 41.4 Å². The van der Waals surface area contributed by atoms with Crippen LogP contribution in [0.3, 0.4) is 0 Å². The zero-order valence-corrected chi connectivity index (χ0v) is 10.8. The molecule has 2 rings (SSSR count). The first-order valence-corrected chi connectivity index (χ1v) is 6.41. The second-order valence-electron chi connectivity index (χ2n) is 5.16. The Balaban J connectivity index is 2.12. The summed E-state index contributed by atoms with van der Waals surface area (Å²) in [4.78, 5) is 36.9. The van der Waals surface area contributed by atoms with E-state index in [1.807, 2.05) is 13.8 Å². The van der Waals surface area contributed by atoms with Crippen molar-refractivity contribution in [2.45, 2.75) is 38.6 Å². The number of imide groups is 1. The highest BCUT2D eigenvalue weighted by atomic mass is 16.2. The molecule has 2 aliphatic rings. The topological polar surface area (TPSA) is 78.5 Å². The van der Waals surface area contributed by atoms with Gasteiger partial charge in [0.1, 0.15) is 5.54 Å². The monoisotopic (exact) mass is 253 g/mol. The Morgan fingerprint density at radius 2 is 2.22 bits per heavy atom. The van der Waals surface area contributed by atoms with Crippen LogP contribution in [0, 0.1) is 5.92 Å². The maximum atomic E-state index is 12.1. The van der Waals surface area contributed by atoms with Crippen molar-refractivity contribution in [1.29, 1.82) is 0 Å². The van der Waals surface area contributed by atoms with Crippen molar-refractivity contribution in [2.24, 2.45) is 5.92 Å². The molecule has 0 bridgehead atoms. The molecule has 4 amide bonds. The molecule has 6 nitrogen and oxygen atoms in total. The molecule has 0 radical (unpaired) electrons. The lowest BCUT2D eigenvalue weighted by atomic mass is 9.88. The Bertz CT molecular complexity index is 396. The molecular weight excluding hydrogens is 234 g/mol. The molecule has 2 saturated heterocycles. The molecule has 2 atom stereocenters. The van der Waals surface area contributed by atoms with E-state index in [1.54, 1.807) is 4.90 Å². The van der Waals surface area contributed by atoms with Crippen molar-refractivity contribution in [1.82, 2.24) is 15.5 Å². The predicted molar refractivity (Wildman–Crippen MR) is 64.7 cm³/mol. The van der Waals surface area contributed by atoms with Crippen LogP contribution in [0.25, 0.3) is 0 Å². The van der Waals surface area contributed by atoms with Gasteiger partial charge in [-0.05, 0) is 19.3 Å². The average molecular weight is 253 g/mol. The van der Waals surface area contributed by atoms with Gasteiger partial charge in [-0.25, -0.2) is 4.79 Å². The van der Waals surface area contributed by atoms with E-state index in [-0.39, 0.29) is 24.3 Å². The number of hydrogen-bond acceptors (Lipinski definition) is 3. The minimum Gasteiger partial charge on any atom is -0.340 e. The molecular formula is C12H19N3O3. The highest BCUT2D eigenvalue weighted by Crippen LogP contribution is 2.25. The summed E-state index contributed by atoms with van der Waals surface area (Å²) in [5.41, 5.74) is -0.904. The molecule has 2 N–H and O–H groups in total. The summed E-state index contributed by atoms with van der Waals surface area (Å²) in [6.45, 7) is 4.80. The summed E-state index contributed by atoms with van der Waals surface area (Å²) in [6.07, 6.45) is 2.10. The Kier molecular flexibility index (Phi) is 3.28. The lowest BCUT2D eigenvalue weighted by Crippen LogP contribution is -2.60. The van der Waals surface area contributed by atoms with Crippen LogP contribution in [0.15, 0.2) is 0 Å². The minimum absolute atomic E-state index is 0.0414. The number of hydrogen-bond donors (Lipinski definition) is 2. The van der Waals surface area contributed by atoms with Crippen LogP contribution < -0.4 is 10.6 Å². The van der Waals surface area contributed by atoms with E-state index in [0.29, 0.717) is 13.0 Å². The molecule has 100 valence electrons. The van der Waals surface area contributed by atoms with Gasteiger partial charge in [0.15, 0.2) is 0 Å². The van der Waals surface area contributed by atoms with Crippen LogP contribution in [-0.2, 0) is 9.59 Å². The molecule has 2 fully saturated rings. The van der Waals surface area contributed by atoms with Crippen LogP contribution in [0.2, 0.25) is 0 Å². The first kappa shape index (κ1) is 12.9. The van der Waals surface area contributed by atoms with Crippen molar-refractivity contribution in [3.63, 3.8) is 0 Å². The summed E-state index contributed by atoms with van der Waals surface area (Å²) >= 11 is 0. The number of carbonyl (C=O) groups excluding carboxylic acids is 3. The van der Waals surface area contributed by atoms with Crippen molar-refractivity contribution in [2.75, 3.05) is 13.1 Å². The normalized spacial score (nSPS) is 29.1. The molecule has 1 spiro atoms. The van der Waals surface area contributed by atoms with Gasteiger partial charge in [0, 0.05) is 12.5 Å². The number of piperidine rings is 1. The number of rotatable bonds is 2. The number of likely N-dealkylation sites (tertiary alicyclic amines) is 1. The van der Waals surface area contributed by atoms with E-state index in [2.05, 4.69) is 10.6 Å². The second kappa shape index (κ2) is 4.59. The van der Waals surface area contributed by atoms with E-state index in [1.165, 1.54) is 0 Å². The molecule has 2 unspecified atom stereocenters. The Labute approximate surface area is 106 Å². The number of carbonyl (C=O) groups is 3. The average Bonchev–Trinajstić information content (AvgIpc) is 2.62. The maximum Gasteiger partial charge on any atom is 0.322 e. The fraction of sp³-hybridized carbons (Fsp3) is 0.750. The third-order valence-electron chi connectivity index (χ3n) is 3.85. The quantitative estimate of drug-likeness (QED) is 0.692. The Hall–Kier alpha value is -1.59. The van der Waals surface area contributed by atoms with Crippen molar-refractivity contribution in [3.8, 4) is 0 Å². The van der Waals surface area contributed by atoms with Gasteiger partial charge in [-0.15, -0.1) is 0 Å². The molecule has 6 heteroatoms. The van der Waals surface area contributed by atoms with Crippen LogP contribution in [0.5, 0.6) is 0 Å². The third kappa shape index (κ3) is 2.07. The van der Waals surface area contributed by atoms with E-state index in [0.717, 1.165) is 12.8 Å². The molecule has 2 aliphatic heterocycles. The lowest BCUT2D eigenvalue weighted by molar-refractivity contribution is -0.139. The standard InChI is InChI=1S/C12H19N3O3/c1-3-8(2)9(16)15-6-4-5-12(7-15)10(17)13-11(18)14-12/h8H,3-7H2,1-2H3,(H2,13,14,17,18). The fourth-order valence-corrected chi connectivity index (χ4v) is 2.55. The zero-order chi connectivity index (χ0) is 13.3. The van der Waals surface area contributed by atoms with Gasteiger partial charge in [0.25, 0.3) is 5.91 Å². The van der Waals surface area contributed by atoms with Crippen LogP contribution >= 0.6 is 0 Å². The third-order valence-corrected chi connectivity index (χ3v) is 3.85. The fourth-order valence-electron chi connectivity index (χ4n) is 2.55. The SMILES string of the molecule is CCC(C)C(=O)N1CCCC2(C1)NC(=O)NC2=O. The maximum absolute atomic E-state index is 12.1. The van der Waals surface area contributed by atoms with Crippen LogP contribution in [0.4, 0.5) is 4.79 Å². The summed E-state index contributed by atoms with van der Waals surface area (Å²) < 4.78 is 0. The van der Waals surface area contributed by atoms with Crippen molar-refractivity contribution >= 4 is 17.8 Å². The van der Waals surface area contributed by atoms with Crippen molar-refractivity contribution < 1.29 is 14.4 Å². The summed E-state index contributed by atoms with van der Waals surface area (Å²) in [5.74, 6) is -0.292. The van der Waals surface area contributed by atoms with Gasteiger partial charge in [-0.2, -0.15) is 0 Å². The smallest absolute Gasteiger partial charge is 0.322 e. The summed E-state index contributed by atoms with van der Waals surface area (Å²) in [6, 6.07) is -0.460. The summed E-state index contributed by atoms with van der Waals surface area (Å²) in [7, 11) is 0. The van der Waals surface area contributed by atoms with E-state index in [9.17, 15) is 14.4 Å². The van der Waals surface area contributed by atoms with Gasteiger partial charge < -0.3 is 10.2 Å². The van der Waals surface area contributed by atoms with Crippen LogP contribution in [0.1, 0.15) is 33.1 Å². The highest BCUT2D eigenvalue weighted by Gasteiger charge is 2.49. The largest absolute Gasteiger partial charge is 0.340 e. The van der Waals surface area contributed by atoms with Gasteiger partial charge in [-0.1, -0.05) is 13.8 Å². The molecule has 0 aromatic heterocycles. The molecule has 0 aliphatic carbocycles. The zero-order valence-electron chi connectivity index (χ0n) is 10.8. The number of nitrogens with zero attached hydrogens (tertiary/aromatic N) is 1. The van der Waals surface area contributed by atoms with Crippen molar-refractivity contribution in [3.05, 3.63) is 0 Å². The second-order valence-corrected chi connectivity index (χ2v) is 5.16. The number of urea groups is 1. The Morgan fingerprint density at radius 3 is 2.78 bits per heavy atom. The minimum atomic E-state index is -0.904. The predicted octanol–water partition coefficient (Wildman–Crippen LogP) is 0.233. The van der Waals surface area contributed by atoms with Gasteiger partial charge >= 0.3 is 6.03 Å². The lowest BCUT2D eigenvalue weighted by Gasteiger charge is -2.39. The molecule has 0 aromatic carbocycles. The molecule has 0 aromatic rings. The van der Waals surface area contributed by atoms with E-state index < -0.39 is 11.6 Å². The molecule has 2 heterocycles. The number of nitrogens with one attached hydrogen (secondary N) is 2. The molecule has 0 saturated carbocycles. The first-order chi connectivity index (χ1) is 8.48. The van der Waals surface area contributed by atoms with E-state index >= 15 is 0 Å². The van der Waals surface area contributed by atoms with Gasteiger partial charge in [0.05, 0.1) is 6.54 Å². The summed E-state index contributed by atoms with van der Waals surface area (Å²) in [5, 5.41) is 4.92.